The first-order valence-corrected chi connectivity index (χ1v) is 9.61. The second-order valence-corrected chi connectivity index (χ2v) is 7.81. The number of carboxylic acid groups (broad SMARTS) is 1. The number of carboxylic acids is 1. The van der Waals surface area contributed by atoms with Gasteiger partial charge in [0.05, 0.1) is 6.04 Å². The molecule has 162 valence electrons. The number of carbonyl (C=O) groups is 3. The highest BCUT2D eigenvalue weighted by Crippen LogP contribution is 2.09. The van der Waals surface area contributed by atoms with E-state index in [0.717, 1.165) is 0 Å². The van der Waals surface area contributed by atoms with E-state index in [9.17, 15) is 19.5 Å². The number of nitrogens with two attached hydrogens (primary N) is 2. The smallest absolute Gasteiger partial charge is 0.326 e. The number of aliphatic carboxylic acids is 1. The van der Waals surface area contributed by atoms with Gasteiger partial charge in [0.25, 0.3) is 0 Å². The Bertz CT molecular complexity index is 538. The molecule has 0 bridgehead atoms. The first-order valence-electron chi connectivity index (χ1n) is 9.61. The van der Waals surface area contributed by atoms with Crippen molar-refractivity contribution in [2.75, 3.05) is 6.54 Å². The van der Waals surface area contributed by atoms with Crippen LogP contribution in [0.3, 0.4) is 0 Å². The van der Waals surface area contributed by atoms with Crippen LogP contribution in [0.15, 0.2) is 0 Å². The average Bonchev–Trinajstić information content (AvgIpc) is 2.55. The lowest BCUT2D eigenvalue weighted by Gasteiger charge is -2.24. The van der Waals surface area contributed by atoms with E-state index in [1.165, 1.54) is 0 Å². The van der Waals surface area contributed by atoms with Gasteiger partial charge in [-0.25, -0.2) is 4.79 Å². The van der Waals surface area contributed by atoms with Crippen LogP contribution >= 0.6 is 0 Å². The molecule has 0 rings (SSSR count). The number of hydrogen-bond acceptors (Lipinski definition) is 5. The standard InChI is InChI=1S/C18H36N6O4/c1-10(2)8-13(16(26)24-14(17(27)28)9-11(3)4)23-15(25)12(19)6-5-7-22-18(20)21/h10-14H,5-9,19H2,1-4H3,(H,23,25)(H,24,26)(H,27,28)(H4,20,21,22)/t12-,13-,14-/m0/s1. The Balaban J connectivity index is 4.86. The topological polar surface area (TPSA) is 183 Å². The first kappa shape index (κ1) is 25.6. The molecule has 2 amide bonds. The molecule has 0 spiro atoms. The highest BCUT2D eigenvalue weighted by atomic mass is 16.4. The molecule has 0 aliphatic rings. The summed E-state index contributed by atoms with van der Waals surface area (Å²) in [5.74, 6) is -2.05. The van der Waals surface area contributed by atoms with Gasteiger partial charge in [-0.2, -0.15) is 0 Å². The first-order chi connectivity index (χ1) is 12.9. The summed E-state index contributed by atoms with van der Waals surface area (Å²) in [5.41, 5.74) is 11.1. The second-order valence-electron chi connectivity index (χ2n) is 7.81. The molecular weight excluding hydrogens is 364 g/mol. The number of carbonyl (C=O) groups excluding carboxylic acids is 2. The molecular formula is C18H36N6O4. The highest BCUT2D eigenvalue weighted by Gasteiger charge is 2.28. The zero-order valence-corrected chi connectivity index (χ0v) is 17.2. The SMILES string of the molecule is CC(C)C[C@H](NC(=O)[C@H](CC(C)C)NC(=O)[C@@H](N)CCCNC(=N)N)C(=O)O. The van der Waals surface area contributed by atoms with Crippen LogP contribution in [0.5, 0.6) is 0 Å². The third-order valence-corrected chi connectivity index (χ3v) is 4.01. The number of amides is 2. The van der Waals surface area contributed by atoms with Crippen molar-refractivity contribution in [2.45, 2.75) is 71.5 Å². The van der Waals surface area contributed by atoms with Gasteiger partial charge in [0.15, 0.2) is 5.96 Å². The molecule has 0 radical (unpaired) electrons. The van der Waals surface area contributed by atoms with Gasteiger partial charge in [-0.15, -0.1) is 0 Å². The number of nitrogens with one attached hydrogen (secondary N) is 4. The van der Waals surface area contributed by atoms with Gasteiger partial charge < -0.3 is 32.5 Å². The van der Waals surface area contributed by atoms with E-state index in [1.54, 1.807) is 0 Å². The van der Waals surface area contributed by atoms with Crippen molar-refractivity contribution in [3.63, 3.8) is 0 Å². The van der Waals surface area contributed by atoms with Gasteiger partial charge in [-0.3, -0.25) is 15.0 Å². The van der Waals surface area contributed by atoms with E-state index in [-0.39, 0.29) is 17.8 Å². The molecule has 0 aromatic rings. The van der Waals surface area contributed by atoms with Gasteiger partial charge in [-0.05, 0) is 37.5 Å². The van der Waals surface area contributed by atoms with Crippen LogP contribution in [-0.4, -0.2) is 53.5 Å². The quantitative estimate of drug-likeness (QED) is 0.126. The Morgan fingerprint density at radius 3 is 1.93 bits per heavy atom. The lowest BCUT2D eigenvalue weighted by Crippen LogP contribution is -2.55. The van der Waals surface area contributed by atoms with E-state index in [4.69, 9.17) is 16.9 Å². The van der Waals surface area contributed by atoms with Gasteiger partial charge in [0.2, 0.25) is 11.8 Å². The van der Waals surface area contributed by atoms with E-state index in [2.05, 4.69) is 16.0 Å². The van der Waals surface area contributed by atoms with Crippen molar-refractivity contribution in [2.24, 2.45) is 23.3 Å². The van der Waals surface area contributed by atoms with E-state index in [1.807, 2.05) is 27.7 Å². The zero-order chi connectivity index (χ0) is 21.9. The molecule has 10 heteroatoms. The third kappa shape index (κ3) is 11.4. The Morgan fingerprint density at radius 1 is 0.964 bits per heavy atom. The highest BCUT2D eigenvalue weighted by molar-refractivity contribution is 5.91. The maximum atomic E-state index is 12.6. The van der Waals surface area contributed by atoms with Crippen LogP contribution in [0.25, 0.3) is 0 Å². The van der Waals surface area contributed by atoms with E-state index < -0.39 is 35.9 Å². The molecule has 9 N–H and O–H groups in total. The van der Waals surface area contributed by atoms with Crippen molar-refractivity contribution in [1.29, 1.82) is 5.41 Å². The molecule has 0 saturated carbocycles. The summed E-state index contributed by atoms with van der Waals surface area (Å²) in [6, 6.07) is -2.68. The van der Waals surface area contributed by atoms with Crippen molar-refractivity contribution in [3.8, 4) is 0 Å². The predicted molar refractivity (Wildman–Crippen MR) is 108 cm³/mol. The Morgan fingerprint density at radius 2 is 1.46 bits per heavy atom. The summed E-state index contributed by atoms with van der Waals surface area (Å²) in [4.78, 5) is 36.3. The number of hydrogen-bond donors (Lipinski definition) is 7. The van der Waals surface area contributed by atoms with Crippen LogP contribution in [-0.2, 0) is 14.4 Å². The number of rotatable bonds is 13. The summed E-state index contributed by atoms with van der Waals surface area (Å²) in [6.45, 7) is 7.97. The fraction of sp³-hybridized carbons (Fsp3) is 0.778. The molecule has 0 fully saturated rings. The molecule has 0 aromatic carbocycles. The third-order valence-electron chi connectivity index (χ3n) is 4.01. The van der Waals surface area contributed by atoms with Crippen LogP contribution in [0, 0.1) is 17.2 Å². The van der Waals surface area contributed by atoms with Crippen molar-refractivity contribution in [3.05, 3.63) is 0 Å². The molecule has 0 heterocycles. The molecule has 0 aliphatic carbocycles. The van der Waals surface area contributed by atoms with Gasteiger partial charge >= 0.3 is 5.97 Å². The van der Waals surface area contributed by atoms with E-state index >= 15 is 0 Å². The average molecular weight is 401 g/mol. The molecule has 10 nitrogen and oxygen atoms in total. The molecule has 0 aromatic heterocycles. The summed E-state index contributed by atoms with van der Waals surface area (Å²) in [5, 5.41) is 24.2. The summed E-state index contributed by atoms with van der Waals surface area (Å²) >= 11 is 0. The van der Waals surface area contributed by atoms with Crippen LogP contribution < -0.4 is 27.4 Å². The largest absolute Gasteiger partial charge is 0.480 e. The van der Waals surface area contributed by atoms with Crippen LogP contribution in [0.1, 0.15) is 53.4 Å². The fourth-order valence-corrected chi connectivity index (χ4v) is 2.62. The zero-order valence-electron chi connectivity index (χ0n) is 17.2. The van der Waals surface area contributed by atoms with E-state index in [0.29, 0.717) is 32.2 Å². The monoisotopic (exact) mass is 400 g/mol. The summed E-state index contributed by atoms with van der Waals surface area (Å²) < 4.78 is 0. The predicted octanol–water partition coefficient (Wildman–Crippen LogP) is -0.277. The number of guanidine groups is 1. The minimum Gasteiger partial charge on any atom is -0.480 e. The summed E-state index contributed by atoms with van der Waals surface area (Å²) in [6.07, 6.45) is 1.55. The Hall–Kier alpha value is -2.36. The molecule has 0 unspecified atom stereocenters. The van der Waals surface area contributed by atoms with Gasteiger partial charge in [0, 0.05) is 6.54 Å². The van der Waals surface area contributed by atoms with Crippen molar-refractivity contribution >= 4 is 23.7 Å². The van der Waals surface area contributed by atoms with Crippen LogP contribution in [0.2, 0.25) is 0 Å². The van der Waals surface area contributed by atoms with Crippen molar-refractivity contribution < 1.29 is 19.5 Å². The molecule has 0 saturated heterocycles. The van der Waals surface area contributed by atoms with Gasteiger partial charge in [-0.1, -0.05) is 27.7 Å². The fourth-order valence-electron chi connectivity index (χ4n) is 2.62. The Labute approximate surface area is 166 Å². The summed E-state index contributed by atoms with van der Waals surface area (Å²) in [7, 11) is 0. The Kier molecular flexibility index (Phi) is 11.8. The second kappa shape index (κ2) is 12.9. The maximum Gasteiger partial charge on any atom is 0.326 e. The minimum atomic E-state index is -1.11. The minimum absolute atomic E-state index is 0.0940. The molecule has 28 heavy (non-hydrogen) atoms. The molecule has 3 atom stereocenters. The van der Waals surface area contributed by atoms with Crippen LogP contribution in [0.4, 0.5) is 0 Å². The lowest BCUT2D eigenvalue weighted by molar-refractivity contribution is -0.142. The maximum absolute atomic E-state index is 12.6. The van der Waals surface area contributed by atoms with Crippen molar-refractivity contribution in [1.82, 2.24) is 16.0 Å². The van der Waals surface area contributed by atoms with Gasteiger partial charge in [0.1, 0.15) is 12.1 Å². The lowest BCUT2D eigenvalue weighted by atomic mass is 10.00. The molecule has 0 aliphatic heterocycles. The normalized spacial score (nSPS) is 14.2.